The molecule has 0 spiro atoms. The molecule has 0 saturated carbocycles. The van der Waals surface area contributed by atoms with Gasteiger partial charge in [-0.25, -0.2) is 4.98 Å². The van der Waals surface area contributed by atoms with Gasteiger partial charge < -0.3 is 10.3 Å². The summed E-state index contributed by atoms with van der Waals surface area (Å²) in [4.78, 5) is 8.59. The van der Waals surface area contributed by atoms with Crippen LogP contribution in [0.5, 0.6) is 0 Å². The van der Waals surface area contributed by atoms with Gasteiger partial charge in [-0.1, -0.05) is 5.16 Å². The number of hydrogen-bond donors (Lipinski definition) is 1. The molecule has 3 heterocycles. The summed E-state index contributed by atoms with van der Waals surface area (Å²) in [5.74, 6) is 4.60. The van der Waals surface area contributed by atoms with Gasteiger partial charge in [-0.15, -0.1) is 11.8 Å². The molecule has 2 N–H and O–H groups in total. The van der Waals surface area contributed by atoms with Crippen molar-refractivity contribution in [2.45, 2.75) is 5.25 Å². The topological polar surface area (TPSA) is 77.8 Å². The zero-order valence-electron chi connectivity index (χ0n) is 9.57. The summed E-state index contributed by atoms with van der Waals surface area (Å²) < 4.78 is 5.26. The minimum absolute atomic E-state index is 0.329. The van der Waals surface area contributed by atoms with Crippen LogP contribution in [0.4, 0.5) is 5.69 Å². The number of nitrogen functional groups attached to an aromatic ring is 1. The van der Waals surface area contributed by atoms with Crippen molar-refractivity contribution in [1.29, 1.82) is 0 Å². The molecule has 18 heavy (non-hydrogen) atoms. The average molecular weight is 280 g/mol. The summed E-state index contributed by atoms with van der Waals surface area (Å²) in [5.41, 5.74) is 6.88. The minimum Gasteiger partial charge on any atom is -0.397 e. The maximum absolute atomic E-state index is 5.59. The number of rotatable bonds is 2. The number of pyridine rings is 1. The van der Waals surface area contributed by atoms with Crippen LogP contribution in [-0.2, 0) is 0 Å². The van der Waals surface area contributed by atoms with Crippen LogP contribution in [0, 0.1) is 0 Å². The Morgan fingerprint density at radius 2 is 2.28 bits per heavy atom. The second-order valence-corrected chi connectivity index (χ2v) is 6.33. The first-order valence-electron chi connectivity index (χ1n) is 5.58. The smallest absolute Gasteiger partial charge is 0.276 e. The molecule has 0 aliphatic carbocycles. The van der Waals surface area contributed by atoms with E-state index in [1.165, 1.54) is 5.75 Å². The predicted octanol–water partition coefficient (Wildman–Crippen LogP) is 2.23. The molecule has 2 aromatic heterocycles. The maximum Gasteiger partial charge on any atom is 0.276 e. The monoisotopic (exact) mass is 280 g/mol. The molecular weight excluding hydrogens is 268 g/mol. The SMILES string of the molecule is Nc1ccc(-c2nc(C3CSCCS3)no2)nc1. The molecule has 0 amide bonds. The summed E-state index contributed by atoms with van der Waals surface area (Å²) in [5, 5.41) is 4.38. The van der Waals surface area contributed by atoms with Gasteiger partial charge in [0.25, 0.3) is 5.89 Å². The Bertz CT molecular complexity index is 522. The Hall–Kier alpha value is -1.21. The lowest BCUT2D eigenvalue weighted by Crippen LogP contribution is -2.07. The van der Waals surface area contributed by atoms with E-state index in [1.807, 2.05) is 23.5 Å². The maximum atomic E-state index is 5.59. The molecule has 1 aliphatic heterocycles. The van der Waals surface area contributed by atoms with Crippen LogP contribution in [0.3, 0.4) is 0 Å². The van der Waals surface area contributed by atoms with Crippen LogP contribution in [0.1, 0.15) is 11.1 Å². The van der Waals surface area contributed by atoms with Crippen LogP contribution in [0.2, 0.25) is 0 Å². The lowest BCUT2D eigenvalue weighted by Gasteiger charge is -2.16. The van der Waals surface area contributed by atoms with Crippen molar-refractivity contribution in [3.05, 3.63) is 24.2 Å². The molecule has 0 aromatic carbocycles. The van der Waals surface area contributed by atoms with Crippen LogP contribution in [0.25, 0.3) is 11.6 Å². The lowest BCUT2D eigenvalue weighted by atomic mass is 10.3. The third-order valence-corrected chi connectivity index (χ3v) is 5.30. The second kappa shape index (κ2) is 5.19. The fraction of sp³-hybridized carbons (Fsp3) is 0.364. The molecule has 7 heteroatoms. The number of thioether (sulfide) groups is 2. The van der Waals surface area contributed by atoms with Gasteiger partial charge in [0.15, 0.2) is 5.82 Å². The highest BCUT2D eigenvalue weighted by molar-refractivity contribution is 8.06. The van der Waals surface area contributed by atoms with Crippen molar-refractivity contribution in [2.75, 3.05) is 23.0 Å². The molecule has 5 nitrogen and oxygen atoms in total. The van der Waals surface area contributed by atoms with E-state index >= 15 is 0 Å². The van der Waals surface area contributed by atoms with E-state index in [1.54, 1.807) is 18.3 Å². The van der Waals surface area contributed by atoms with Gasteiger partial charge in [-0.3, -0.25) is 0 Å². The Balaban J connectivity index is 1.82. The van der Waals surface area contributed by atoms with Gasteiger partial charge in [0, 0.05) is 17.3 Å². The van der Waals surface area contributed by atoms with Crippen molar-refractivity contribution in [3.8, 4) is 11.6 Å². The van der Waals surface area contributed by atoms with Crippen molar-refractivity contribution in [1.82, 2.24) is 15.1 Å². The number of hydrogen-bond acceptors (Lipinski definition) is 7. The van der Waals surface area contributed by atoms with E-state index in [4.69, 9.17) is 10.3 Å². The predicted molar refractivity (Wildman–Crippen MR) is 74.5 cm³/mol. The highest BCUT2D eigenvalue weighted by Crippen LogP contribution is 2.35. The summed E-state index contributed by atoms with van der Waals surface area (Å²) >= 11 is 3.81. The zero-order valence-corrected chi connectivity index (χ0v) is 11.2. The fourth-order valence-corrected chi connectivity index (χ4v) is 4.23. The number of aromatic nitrogens is 3. The van der Waals surface area contributed by atoms with E-state index in [-0.39, 0.29) is 0 Å². The second-order valence-electron chi connectivity index (χ2n) is 3.87. The molecule has 94 valence electrons. The van der Waals surface area contributed by atoms with Crippen LogP contribution in [-0.4, -0.2) is 32.4 Å². The molecule has 1 fully saturated rings. The highest BCUT2D eigenvalue weighted by atomic mass is 32.2. The summed E-state index contributed by atoms with van der Waals surface area (Å²) in [7, 11) is 0. The first-order chi connectivity index (χ1) is 8.83. The van der Waals surface area contributed by atoms with E-state index in [0.29, 0.717) is 22.5 Å². The molecule has 0 radical (unpaired) electrons. The van der Waals surface area contributed by atoms with Crippen LogP contribution < -0.4 is 5.73 Å². The highest BCUT2D eigenvalue weighted by Gasteiger charge is 2.22. The van der Waals surface area contributed by atoms with Gasteiger partial charge in [0.2, 0.25) is 0 Å². The van der Waals surface area contributed by atoms with Crippen molar-refractivity contribution in [2.24, 2.45) is 0 Å². The molecule has 1 atom stereocenters. The van der Waals surface area contributed by atoms with E-state index in [0.717, 1.165) is 17.3 Å². The van der Waals surface area contributed by atoms with E-state index in [9.17, 15) is 0 Å². The minimum atomic E-state index is 0.329. The molecule has 0 bridgehead atoms. The largest absolute Gasteiger partial charge is 0.397 e. The Kier molecular flexibility index (Phi) is 3.42. The Labute approximate surface area is 113 Å². The quantitative estimate of drug-likeness (QED) is 0.903. The first kappa shape index (κ1) is 11.9. The molecular formula is C11H12N4OS2. The first-order valence-corrected chi connectivity index (χ1v) is 7.78. The Morgan fingerprint density at radius 3 is 3.00 bits per heavy atom. The van der Waals surface area contributed by atoms with Gasteiger partial charge >= 0.3 is 0 Å². The van der Waals surface area contributed by atoms with Gasteiger partial charge in [-0.05, 0) is 12.1 Å². The van der Waals surface area contributed by atoms with Crippen molar-refractivity contribution in [3.63, 3.8) is 0 Å². The fourth-order valence-electron chi connectivity index (χ4n) is 1.64. The summed E-state index contributed by atoms with van der Waals surface area (Å²) in [6, 6.07) is 3.56. The molecule has 2 aromatic rings. The molecule has 3 rings (SSSR count). The van der Waals surface area contributed by atoms with Crippen molar-refractivity contribution < 1.29 is 4.52 Å². The van der Waals surface area contributed by atoms with Gasteiger partial charge in [0.1, 0.15) is 5.69 Å². The van der Waals surface area contributed by atoms with Crippen LogP contribution in [0.15, 0.2) is 22.9 Å². The zero-order chi connectivity index (χ0) is 12.4. The number of anilines is 1. The third-order valence-electron chi connectivity index (χ3n) is 2.55. The van der Waals surface area contributed by atoms with Gasteiger partial charge in [0.05, 0.1) is 17.1 Å². The Morgan fingerprint density at radius 1 is 1.33 bits per heavy atom. The van der Waals surface area contributed by atoms with E-state index < -0.39 is 0 Å². The summed E-state index contributed by atoms with van der Waals surface area (Å²) in [6.45, 7) is 0. The van der Waals surface area contributed by atoms with Crippen LogP contribution >= 0.6 is 23.5 Å². The molecule has 1 unspecified atom stereocenters. The van der Waals surface area contributed by atoms with Gasteiger partial charge in [-0.2, -0.15) is 16.7 Å². The average Bonchev–Trinajstić information content (AvgIpc) is 2.90. The third kappa shape index (κ3) is 2.46. The normalized spacial score (nSPS) is 19.9. The lowest BCUT2D eigenvalue weighted by molar-refractivity contribution is 0.422. The standard InChI is InChI=1S/C11H12N4OS2/c12-7-1-2-8(13-5-7)11-14-10(15-16-11)9-6-17-3-4-18-9/h1-2,5,9H,3-4,6,12H2. The summed E-state index contributed by atoms with van der Waals surface area (Å²) in [6.07, 6.45) is 1.59. The molecule has 1 aliphatic rings. The molecule has 1 saturated heterocycles. The number of nitrogens with zero attached hydrogens (tertiary/aromatic N) is 3. The van der Waals surface area contributed by atoms with Crippen molar-refractivity contribution >= 4 is 29.2 Å². The van der Waals surface area contributed by atoms with E-state index in [2.05, 4.69) is 15.1 Å². The number of nitrogens with two attached hydrogens (primary N) is 1.